The molecule has 2 saturated heterocycles. The van der Waals surface area contributed by atoms with Crippen LogP contribution in [0.15, 0.2) is 54.7 Å². The van der Waals surface area contributed by atoms with E-state index in [1.54, 1.807) is 0 Å². The Morgan fingerprint density at radius 1 is 0.909 bits per heavy atom. The molecule has 2 bridgehead atoms. The van der Waals surface area contributed by atoms with Gasteiger partial charge in [0.1, 0.15) is 17.7 Å². The van der Waals surface area contributed by atoms with Crippen LogP contribution < -0.4 is 9.64 Å². The summed E-state index contributed by atoms with van der Waals surface area (Å²) in [5.41, 5.74) is 0. The van der Waals surface area contributed by atoms with Gasteiger partial charge in [-0.3, -0.25) is 0 Å². The van der Waals surface area contributed by atoms with Gasteiger partial charge in [-0.25, -0.2) is 4.98 Å². The summed E-state index contributed by atoms with van der Waals surface area (Å²) in [5.74, 6) is 2.13. The molecule has 1 aromatic carbocycles. The Hall–Kier alpha value is -2.03. The molecular formula is C19H22N2O. The van der Waals surface area contributed by atoms with Crippen LogP contribution in [-0.2, 0) is 0 Å². The van der Waals surface area contributed by atoms with Crippen LogP contribution in [0.3, 0.4) is 0 Å². The number of rotatable bonds is 3. The van der Waals surface area contributed by atoms with Gasteiger partial charge in [-0.2, -0.15) is 0 Å². The van der Waals surface area contributed by atoms with E-state index >= 15 is 0 Å². The first kappa shape index (κ1) is 13.6. The van der Waals surface area contributed by atoms with Crippen molar-refractivity contribution >= 4 is 5.82 Å². The molecule has 22 heavy (non-hydrogen) atoms. The lowest BCUT2D eigenvalue weighted by molar-refractivity contribution is 0.113. The second-order valence-electron chi connectivity index (χ2n) is 6.36. The third-order valence-electron chi connectivity index (χ3n) is 4.89. The molecule has 3 nitrogen and oxygen atoms in total. The third kappa shape index (κ3) is 2.68. The SMILES string of the molecule is c1ccc(OC2C[C@H]3CCC[C@@H](C2)N3c2ccccn2)cc1. The summed E-state index contributed by atoms with van der Waals surface area (Å²) in [6.07, 6.45) is 8.26. The van der Waals surface area contributed by atoms with Gasteiger partial charge in [0.15, 0.2) is 0 Å². The highest BCUT2D eigenvalue weighted by Gasteiger charge is 2.39. The number of piperidine rings is 2. The number of para-hydroxylation sites is 1. The van der Waals surface area contributed by atoms with Gasteiger partial charge in [0.2, 0.25) is 0 Å². The number of fused-ring (bicyclic) bond motifs is 2. The predicted octanol–water partition coefficient (Wildman–Crippen LogP) is 4.05. The summed E-state index contributed by atoms with van der Waals surface area (Å²) < 4.78 is 6.23. The van der Waals surface area contributed by atoms with Crippen molar-refractivity contribution in [3.8, 4) is 5.75 Å². The Bertz CT molecular complexity index is 587. The quantitative estimate of drug-likeness (QED) is 0.854. The Labute approximate surface area is 131 Å². The second-order valence-corrected chi connectivity index (χ2v) is 6.36. The molecule has 2 aliphatic heterocycles. The number of aromatic nitrogens is 1. The van der Waals surface area contributed by atoms with Crippen molar-refractivity contribution in [1.82, 2.24) is 4.98 Å². The zero-order chi connectivity index (χ0) is 14.8. The summed E-state index contributed by atoms with van der Waals surface area (Å²) >= 11 is 0. The number of hydrogen-bond acceptors (Lipinski definition) is 3. The van der Waals surface area contributed by atoms with Gasteiger partial charge >= 0.3 is 0 Å². The summed E-state index contributed by atoms with van der Waals surface area (Å²) in [7, 11) is 0. The minimum absolute atomic E-state index is 0.331. The highest BCUT2D eigenvalue weighted by molar-refractivity contribution is 5.42. The molecule has 3 atom stereocenters. The largest absolute Gasteiger partial charge is 0.490 e. The molecule has 0 amide bonds. The van der Waals surface area contributed by atoms with Crippen molar-refractivity contribution in [2.45, 2.75) is 50.3 Å². The van der Waals surface area contributed by atoms with Crippen molar-refractivity contribution in [3.63, 3.8) is 0 Å². The summed E-state index contributed by atoms with van der Waals surface area (Å²) in [4.78, 5) is 7.13. The Morgan fingerprint density at radius 2 is 1.64 bits per heavy atom. The normalized spacial score (nSPS) is 27.5. The van der Waals surface area contributed by atoms with Gasteiger partial charge in [0, 0.05) is 31.1 Å². The zero-order valence-corrected chi connectivity index (χ0v) is 12.8. The molecule has 3 heterocycles. The van der Waals surface area contributed by atoms with Gasteiger partial charge in [0.25, 0.3) is 0 Å². The fraction of sp³-hybridized carbons (Fsp3) is 0.421. The van der Waals surface area contributed by atoms with E-state index in [1.807, 2.05) is 30.5 Å². The van der Waals surface area contributed by atoms with Gasteiger partial charge in [-0.05, 0) is 43.5 Å². The monoisotopic (exact) mass is 294 g/mol. The van der Waals surface area contributed by atoms with Crippen molar-refractivity contribution < 1.29 is 4.74 Å². The fourth-order valence-corrected chi connectivity index (χ4v) is 4.00. The maximum atomic E-state index is 6.23. The van der Waals surface area contributed by atoms with Crippen LogP contribution in [0.25, 0.3) is 0 Å². The van der Waals surface area contributed by atoms with Crippen molar-refractivity contribution in [2.75, 3.05) is 4.90 Å². The number of nitrogens with zero attached hydrogens (tertiary/aromatic N) is 2. The number of benzene rings is 1. The van der Waals surface area contributed by atoms with Gasteiger partial charge in [0.05, 0.1) is 0 Å². The molecule has 0 saturated carbocycles. The molecular weight excluding hydrogens is 272 g/mol. The Morgan fingerprint density at radius 3 is 2.32 bits per heavy atom. The van der Waals surface area contributed by atoms with E-state index < -0.39 is 0 Å². The van der Waals surface area contributed by atoms with Crippen molar-refractivity contribution in [3.05, 3.63) is 54.7 Å². The van der Waals surface area contributed by atoms with Gasteiger partial charge in [-0.1, -0.05) is 24.3 Å². The molecule has 1 aromatic heterocycles. The standard InChI is InChI=1S/C19H22N2O/c1-2-9-17(10-3-1)22-18-13-15-7-6-8-16(14-18)21(15)19-11-4-5-12-20-19/h1-5,9-12,15-16,18H,6-8,13-14H2/t15-,16+,18?. The topological polar surface area (TPSA) is 25.4 Å². The van der Waals surface area contributed by atoms with Crippen LogP contribution in [0.1, 0.15) is 32.1 Å². The molecule has 0 aliphatic carbocycles. The molecule has 2 fully saturated rings. The summed E-state index contributed by atoms with van der Waals surface area (Å²) in [6.45, 7) is 0. The average molecular weight is 294 g/mol. The summed E-state index contributed by atoms with van der Waals surface area (Å²) in [5, 5.41) is 0. The third-order valence-corrected chi connectivity index (χ3v) is 4.89. The van der Waals surface area contributed by atoms with Crippen LogP contribution >= 0.6 is 0 Å². The van der Waals surface area contributed by atoms with Crippen LogP contribution in [0.4, 0.5) is 5.82 Å². The predicted molar refractivity (Wildman–Crippen MR) is 88.2 cm³/mol. The molecule has 114 valence electrons. The molecule has 4 rings (SSSR count). The van der Waals surface area contributed by atoms with E-state index in [0.29, 0.717) is 18.2 Å². The molecule has 2 aromatic rings. The van der Waals surface area contributed by atoms with E-state index in [0.717, 1.165) is 24.4 Å². The molecule has 1 unspecified atom stereocenters. The average Bonchev–Trinajstić information content (AvgIpc) is 2.56. The molecule has 0 spiro atoms. The smallest absolute Gasteiger partial charge is 0.128 e. The van der Waals surface area contributed by atoms with Gasteiger partial charge < -0.3 is 9.64 Å². The van der Waals surface area contributed by atoms with Crippen molar-refractivity contribution in [1.29, 1.82) is 0 Å². The maximum absolute atomic E-state index is 6.23. The number of pyridine rings is 1. The lowest BCUT2D eigenvalue weighted by Gasteiger charge is -2.49. The lowest BCUT2D eigenvalue weighted by Crippen LogP contribution is -2.55. The van der Waals surface area contributed by atoms with E-state index in [9.17, 15) is 0 Å². The van der Waals surface area contributed by atoms with E-state index in [2.05, 4.69) is 34.1 Å². The van der Waals surface area contributed by atoms with Crippen LogP contribution in [0, 0.1) is 0 Å². The minimum atomic E-state index is 0.331. The number of ether oxygens (including phenoxy) is 1. The fourth-order valence-electron chi connectivity index (χ4n) is 4.00. The number of hydrogen-bond donors (Lipinski definition) is 0. The highest BCUT2D eigenvalue weighted by Crippen LogP contribution is 2.38. The maximum Gasteiger partial charge on any atom is 0.128 e. The molecule has 2 aliphatic rings. The highest BCUT2D eigenvalue weighted by atomic mass is 16.5. The van der Waals surface area contributed by atoms with Crippen LogP contribution in [0.5, 0.6) is 5.75 Å². The molecule has 0 N–H and O–H groups in total. The van der Waals surface area contributed by atoms with E-state index in [1.165, 1.54) is 19.3 Å². The first-order valence-electron chi connectivity index (χ1n) is 8.31. The van der Waals surface area contributed by atoms with E-state index in [4.69, 9.17) is 4.74 Å². The lowest BCUT2D eigenvalue weighted by atomic mass is 9.83. The zero-order valence-electron chi connectivity index (χ0n) is 12.8. The first-order valence-corrected chi connectivity index (χ1v) is 8.31. The minimum Gasteiger partial charge on any atom is -0.490 e. The van der Waals surface area contributed by atoms with Crippen LogP contribution in [-0.4, -0.2) is 23.2 Å². The van der Waals surface area contributed by atoms with Gasteiger partial charge in [-0.15, -0.1) is 0 Å². The van der Waals surface area contributed by atoms with E-state index in [-0.39, 0.29) is 0 Å². The first-order chi connectivity index (χ1) is 10.9. The Kier molecular flexibility index (Phi) is 3.71. The Balaban J connectivity index is 1.51. The molecule has 0 radical (unpaired) electrons. The molecule has 3 heteroatoms. The number of anilines is 1. The summed E-state index contributed by atoms with van der Waals surface area (Å²) in [6, 6.07) is 17.6. The second kappa shape index (κ2) is 5.99. The van der Waals surface area contributed by atoms with Crippen LogP contribution in [0.2, 0.25) is 0 Å². The van der Waals surface area contributed by atoms with Crippen molar-refractivity contribution in [2.24, 2.45) is 0 Å².